The Hall–Kier alpha value is -1.36. The summed E-state index contributed by atoms with van der Waals surface area (Å²) in [4.78, 5) is 25.9. The maximum absolute atomic E-state index is 12.5. The van der Waals surface area contributed by atoms with Crippen LogP contribution in [0.3, 0.4) is 0 Å². The second-order valence-electron chi connectivity index (χ2n) is 6.13. The van der Waals surface area contributed by atoms with Gasteiger partial charge in [0.05, 0.1) is 13.2 Å². The largest absolute Gasteiger partial charge is 0.379 e. The molecule has 0 aromatic carbocycles. The zero-order chi connectivity index (χ0) is 15.2. The van der Waals surface area contributed by atoms with E-state index in [4.69, 9.17) is 4.74 Å². The Morgan fingerprint density at radius 2 is 2.10 bits per heavy atom. The summed E-state index contributed by atoms with van der Waals surface area (Å²) in [5.41, 5.74) is -0.293. The summed E-state index contributed by atoms with van der Waals surface area (Å²) >= 11 is 0. The average Bonchev–Trinajstić information content (AvgIpc) is 2.50. The molecule has 0 radical (unpaired) electrons. The fourth-order valence-corrected chi connectivity index (χ4v) is 2.08. The van der Waals surface area contributed by atoms with Crippen molar-refractivity contribution in [3.8, 4) is 0 Å². The molecule has 0 aromatic heterocycles. The van der Waals surface area contributed by atoms with Crippen LogP contribution in [0.2, 0.25) is 0 Å². The van der Waals surface area contributed by atoms with E-state index in [9.17, 15) is 9.59 Å². The maximum atomic E-state index is 12.5. The predicted octanol–water partition coefficient (Wildman–Crippen LogP) is 1.34. The van der Waals surface area contributed by atoms with Crippen LogP contribution in [-0.2, 0) is 14.3 Å². The van der Waals surface area contributed by atoms with Gasteiger partial charge in [-0.05, 0) is 11.8 Å². The minimum absolute atomic E-state index is 0.0179. The zero-order valence-corrected chi connectivity index (χ0v) is 12.8. The van der Waals surface area contributed by atoms with Crippen LogP contribution < -0.4 is 5.32 Å². The smallest absolute Gasteiger partial charge is 0.245 e. The molecule has 0 aliphatic carbocycles. The van der Waals surface area contributed by atoms with Crippen molar-refractivity contribution >= 4 is 11.8 Å². The topological polar surface area (TPSA) is 58.6 Å². The van der Waals surface area contributed by atoms with E-state index < -0.39 is 6.04 Å². The molecule has 0 saturated carbocycles. The summed E-state index contributed by atoms with van der Waals surface area (Å²) in [6, 6.07) is -0.467. The number of amides is 2. The molecule has 1 heterocycles. The molecule has 1 aliphatic rings. The predicted molar refractivity (Wildman–Crippen MR) is 78.2 cm³/mol. The summed E-state index contributed by atoms with van der Waals surface area (Å²) in [6.07, 6.45) is 2.96. The Labute approximate surface area is 121 Å². The summed E-state index contributed by atoms with van der Waals surface area (Å²) in [5, 5.41) is 2.83. The molecule has 1 rings (SSSR count). The van der Waals surface area contributed by atoms with E-state index >= 15 is 0 Å². The van der Waals surface area contributed by atoms with Gasteiger partial charge < -0.3 is 15.0 Å². The van der Waals surface area contributed by atoms with Gasteiger partial charge in [-0.2, -0.15) is 0 Å². The standard InChI is InChI=1S/C15H26N2O3/c1-5-6-10-20-11-9-17-8-7-12(18)16-13(14(17)19)15(2,3)4/h5,13H,1,6-11H2,2-4H3,(H,16,18). The normalized spacial score (nSPS) is 20.6. The van der Waals surface area contributed by atoms with Crippen LogP contribution in [0.5, 0.6) is 0 Å². The van der Waals surface area contributed by atoms with Crippen LogP contribution in [0, 0.1) is 5.41 Å². The Morgan fingerprint density at radius 1 is 1.40 bits per heavy atom. The minimum Gasteiger partial charge on any atom is -0.379 e. The highest BCUT2D eigenvalue weighted by Crippen LogP contribution is 2.22. The lowest BCUT2D eigenvalue weighted by Gasteiger charge is -2.32. The van der Waals surface area contributed by atoms with Crippen LogP contribution in [0.4, 0.5) is 0 Å². The first-order chi connectivity index (χ1) is 9.36. The number of hydrogen-bond acceptors (Lipinski definition) is 3. The van der Waals surface area contributed by atoms with E-state index in [1.54, 1.807) is 11.0 Å². The van der Waals surface area contributed by atoms with Crippen molar-refractivity contribution in [1.29, 1.82) is 0 Å². The average molecular weight is 282 g/mol. The van der Waals surface area contributed by atoms with Gasteiger partial charge in [-0.15, -0.1) is 6.58 Å². The molecule has 0 aromatic rings. The first-order valence-electron chi connectivity index (χ1n) is 7.13. The van der Waals surface area contributed by atoms with Crippen molar-refractivity contribution in [3.63, 3.8) is 0 Å². The summed E-state index contributed by atoms with van der Waals surface area (Å²) in [6.45, 7) is 11.6. The Bertz CT molecular complexity index is 361. The third kappa shape index (κ3) is 4.96. The molecule has 1 fully saturated rings. The molecule has 0 bridgehead atoms. The summed E-state index contributed by atoms with van der Waals surface area (Å²) < 4.78 is 5.44. The number of carbonyl (C=O) groups excluding carboxylic acids is 2. The van der Waals surface area contributed by atoms with Crippen molar-refractivity contribution in [1.82, 2.24) is 10.2 Å². The fraction of sp³-hybridized carbons (Fsp3) is 0.733. The van der Waals surface area contributed by atoms with Gasteiger partial charge in [0.1, 0.15) is 6.04 Å². The monoisotopic (exact) mass is 282 g/mol. The number of carbonyl (C=O) groups is 2. The van der Waals surface area contributed by atoms with E-state index in [-0.39, 0.29) is 17.2 Å². The van der Waals surface area contributed by atoms with Gasteiger partial charge in [-0.25, -0.2) is 0 Å². The van der Waals surface area contributed by atoms with Crippen molar-refractivity contribution < 1.29 is 14.3 Å². The van der Waals surface area contributed by atoms with Crippen LogP contribution >= 0.6 is 0 Å². The molecule has 114 valence electrons. The molecular formula is C15H26N2O3. The molecular weight excluding hydrogens is 256 g/mol. The molecule has 0 spiro atoms. The fourth-order valence-electron chi connectivity index (χ4n) is 2.08. The Kier molecular flexibility index (Phi) is 6.20. The SMILES string of the molecule is C=CCCOCCN1CCC(=O)NC(C(C)(C)C)C1=O. The summed E-state index contributed by atoms with van der Waals surface area (Å²) in [5.74, 6) is -0.0796. The summed E-state index contributed by atoms with van der Waals surface area (Å²) in [7, 11) is 0. The van der Waals surface area contributed by atoms with Gasteiger partial charge in [0.2, 0.25) is 11.8 Å². The number of nitrogens with one attached hydrogen (secondary N) is 1. The van der Waals surface area contributed by atoms with E-state index in [0.717, 1.165) is 6.42 Å². The quantitative estimate of drug-likeness (QED) is 0.591. The third-order valence-electron chi connectivity index (χ3n) is 3.31. The lowest BCUT2D eigenvalue weighted by molar-refractivity contribution is -0.137. The van der Waals surface area contributed by atoms with Crippen molar-refractivity contribution in [2.24, 2.45) is 5.41 Å². The molecule has 20 heavy (non-hydrogen) atoms. The molecule has 5 heteroatoms. The number of hydrogen-bond donors (Lipinski definition) is 1. The molecule has 2 amide bonds. The molecule has 1 atom stereocenters. The van der Waals surface area contributed by atoms with Crippen molar-refractivity contribution in [2.45, 2.75) is 39.7 Å². The number of ether oxygens (including phenoxy) is 1. The molecule has 1 aliphatic heterocycles. The van der Waals surface area contributed by atoms with Gasteiger partial charge in [0.15, 0.2) is 0 Å². The maximum Gasteiger partial charge on any atom is 0.245 e. The molecule has 5 nitrogen and oxygen atoms in total. The highest BCUT2D eigenvalue weighted by Gasteiger charge is 2.37. The van der Waals surface area contributed by atoms with E-state index in [0.29, 0.717) is 32.7 Å². The Balaban J connectivity index is 2.58. The van der Waals surface area contributed by atoms with Crippen molar-refractivity contribution in [2.75, 3.05) is 26.3 Å². The molecule has 1 saturated heterocycles. The number of rotatable bonds is 6. The van der Waals surface area contributed by atoms with Crippen LogP contribution in [-0.4, -0.2) is 49.1 Å². The number of nitrogens with zero attached hydrogens (tertiary/aromatic N) is 1. The van der Waals surface area contributed by atoms with E-state index in [1.165, 1.54) is 0 Å². The lowest BCUT2D eigenvalue weighted by Crippen LogP contribution is -2.52. The molecule has 1 N–H and O–H groups in total. The van der Waals surface area contributed by atoms with E-state index in [1.807, 2.05) is 20.8 Å². The lowest BCUT2D eigenvalue weighted by atomic mass is 9.86. The van der Waals surface area contributed by atoms with Crippen LogP contribution in [0.25, 0.3) is 0 Å². The second kappa shape index (κ2) is 7.43. The van der Waals surface area contributed by atoms with Gasteiger partial charge in [0.25, 0.3) is 0 Å². The molecule has 1 unspecified atom stereocenters. The Morgan fingerprint density at radius 3 is 2.70 bits per heavy atom. The second-order valence-corrected chi connectivity index (χ2v) is 6.13. The first kappa shape index (κ1) is 16.7. The van der Waals surface area contributed by atoms with Crippen LogP contribution in [0.15, 0.2) is 12.7 Å². The van der Waals surface area contributed by atoms with E-state index in [2.05, 4.69) is 11.9 Å². The highest BCUT2D eigenvalue weighted by atomic mass is 16.5. The van der Waals surface area contributed by atoms with Crippen LogP contribution in [0.1, 0.15) is 33.6 Å². The first-order valence-corrected chi connectivity index (χ1v) is 7.13. The van der Waals surface area contributed by atoms with Crippen molar-refractivity contribution in [3.05, 3.63) is 12.7 Å². The van der Waals surface area contributed by atoms with Gasteiger partial charge in [0, 0.05) is 19.5 Å². The minimum atomic E-state index is -0.467. The highest BCUT2D eigenvalue weighted by molar-refractivity contribution is 5.90. The van der Waals surface area contributed by atoms with Gasteiger partial charge in [-0.3, -0.25) is 9.59 Å². The zero-order valence-electron chi connectivity index (χ0n) is 12.8. The van der Waals surface area contributed by atoms with Gasteiger partial charge in [-0.1, -0.05) is 26.8 Å². The van der Waals surface area contributed by atoms with Gasteiger partial charge >= 0.3 is 0 Å². The third-order valence-corrected chi connectivity index (χ3v) is 3.31.